The zero-order chi connectivity index (χ0) is 43.7. The molecule has 2 amide bonds. The largest absolute Gasteiger partial charge is 0.480 e. The third-order valence-electron chi connectivity index (χ3n) is 8.21. The molecule has 0 bridgehead atoms. The minimum Gasteiger partial charge on any atom is -0.480 e. The molecule has 0 unspecified atom stereocenters. The fourth-order valence-electron chi connectivity index (χ4n) is 5.14. The maximum absolute atomic E-state index is 12.8. The van der Waals surface area contributed by atoms with Crippen LogP contribution in [-0.4, -0.2) is 63.6 Å². The molecule has 0 aromatic heterocycles. The van der Waals surface area contributed by atoms with Crippen molar-refractivity contribution < 1.29 is 52.9 Å². The summed E-state index contributed by atoms with van der Waals surface area (Å²) in [7, 11) is 0. The number of nitrogens with one attached hydrogen (secondary N) is 2. The van der Waals surface area contributed by atoms with Gasteiger partial charge in [-0.2, -0.15) is 19.2 Å². The summed E-state index contributed by atoms with van der Waals surface area (Å²) >= 11 is 0. The van der Waals surface area contributed by atoms with Crippen LogP contribution in [0.3, 0.4) is 0 Å². The van der Waals surface area contributed by atoms with Gasteiger partial charge < -0.3 is 30.9 Å². The van der Waals surface area contributed by atoms with Crippen LogP contribution >= 0.6 is 0 Å². The van der Waals surface area contributed by atoms with Gasteiger partial charge in [-0.1, -0.05) is 74.5 Å². The highest BCUT2D eigenvalue weighted by molar-refractivity contribution is 5.94. The summed E-state index contributed by atoms with van der Waals surface area (Å²) in [6, 6.07) is 15.8. The lowest BCUT2D eigenvalue weighted by Gasteiger charge is -2.41. The maximum atomic E-state index is 12.8. The molecule has 14 nitrogen and oxygen atoms in total. The second kappa shape index (κ2) is 25.3. The summed E-state index contributed by atoms with van der Waals surface area (Å²) in [5.41, 5.74) is 6.63. The van der Waals surface area contributed by atoms with Gasteiger partial charge in [0.25, 0.3) is 0 Å². The molecule has 14 heteroatoms. The van der Waals surface area contributed by atoms with E-state index in [1.54, 1.807) is 20.8 Å². The monoisotopic (exact) mass is 793 g/mol. The van der Waals surface area contributed by atoms with Crippen LogP contribution in [0.1, 0.15) is 123 Å². The smallest absolute Gasteiger partial charge is 0.408 e. The summed E-state index contributed by atoms with van der Waals surface area (Å²) in [5, 5.41) is 14.2. The predicted octanol–water partition coefficient (Wildman–Crippen LogP) is 7.71. The number of amides is 2. The first-order chi connectivity index (χ1) is 26.6. The number of allylic oxidation sites excluding steroid dienone is 2. The number of Topliss-reactive ketones (excluding diaryl/α,β-unsaturated/α-hetero) is 1. The number of anilines is 1. The fourth-order valence-corrected chi connectivity index (χ4v) is 5.14. The van der Waals surface area contributed by atoms with E-state index in [0.29, 0.717) is 32.1 Å². The zero-order valence-electron chi connectivity index (χ0n) is 34.4. The maximum Gasteiger partial charge on any atom is 0.408 e. The molecule has 0 radical (unpaired) electrons. The van der Waals surface area contributed by atoms with Crippen molar-refractivity contribution in [1.29, 1.82) is 0 Å². The lowest BCUT2D eigenvalue weighted by atomic mass is 9.72. The molecule has 4 rings (SSSR count). The highest BCUT2D eigenvalue weighted by atomic mass is 16.6. The van der Waals surface area contributed by atoms with Gasteiger partial charge in [-0.05, 0) is 122 Å². The summed E-state index contributed by atoms with van der Waals surface area (Å²) in [4.78, 5) is 79.7. The van der Waals surface area contributed by atoms with E-state index in [-0.39, 0.29) is 18.1 Å². The summed E-state index contributed by atoms with van der Waals surface area (Å²) < 4.78 is 10.3. The van der Waals surface area contributed by atoms with E-state index < -0.39 is 40.4 Å². The first-order valence-corrected chi connectivity index (χ1v) is 18.7. The molecule has 2 aliphatic rings. The lowest BCUT2D eigenvalue weighted by molar-refractivity contribution is -0.193. The number of nitrogens with two attached hydrogens (primary N) is 1. The second-order valence-corrected chi connectivity index (χ2v) is 15.2. The van der Waals surface area contributed by atoms with Crippen molar-refractivity contribution in [3.05, 3.63) is 77.4 Å². The number of carboxylic acid groups (broad SMARTS) is 1. The first kappa shape index (κ1) is 51.2. The van der Waals surface area contributed by atoms with E-state index in [1.807, 2.05) is 69.3 Å². The number of carboxylic acids is 1. The third kappa shape index (κ3) is 21.2. The lowest BCUT2D eigenvalue weighted by Crippen LogP contribution is -2.60. The van der Waals surface area contributed by atoms with Crippen LogP contribution < -0.4 is 16.4 Å². The molecular formula is C43H59N3O11. The molecule has 0 heterocycles. The van der Waals surface area contributed by atoms with Crippen LogP contribution in [0, 0.1) is 0 Å². The topological polar surface area (TPSA) is 225 Å². The number of ether oxygens (including phenoxy) is 2. The normalized spacial score (nSPS) is 14.5. The predicted molar refractivity (Wildman–Crippen MR) is 214 cm³/mol. The average Bonchev–Trinajstić information content (AvgIpc) is 3.07. The van der Waals surface area contributed by atoms with E-state index in [1.165, 1.54) is 5.56 Å². The molecule has 0 saturated heterocycles. The highest BCUT2D eigenvalue weighted by Crippen LogP contribution is 2.34. The summed E-state index contributed by atoms with van der Waals surface area (Å²) in [6.45, 7) is 14.9. The number of carbonyl (C=O) groups excluding carboxylic acids is 7. The summed E-state index contributed by atoms with van der Waals surface area (Å²) in [5.74, 6) is -0.930. The van der Waals surface area contributed by atoms with Crippen molar-refractivity contribution in [1.82, 2.24) is 10.6 Å². The van der Waals surface area contributed by atoms with Gasteiger partial charge in [0.05, 0.1) is 0 Å². The molecule has 57 heavy (non-hydrogen) atoms. The Bertz CT molecular complexity index is 1670. The van der Waals surface area contributed by atoms with Crippen LogP contribution in [0.5, 0.6) is 0 Å². The van der Waals surface area contributed by atoms with Gasteiger partial charge >= 0.3 is 30.5 Å². The van der Waals surface area contributed by atoms with Gasteiger partial charge in [-0.15, -0.1) is 0 Å². The Labute approximate surface area is 335 Å². The van der Waals surface area contributed by atoms with Gasteiger partial charge in [0.2, 0.25) is 0 Å². The minimum atomic E-state index is -1.09. The van der Waals surface area contributed by atoms with Crippen molar-refractivity contribution in [2.24, 2.45) is 0 Å². The number of benzene rings is 2. The molecule has 2 aromatic carbocycles. The Kier molecular flexibility index (Phi) is 22.7. The molecule has 0 aliphatic heterocycles. The fraction of sp³-hybridized carbons (Fsp3) is 0.488. The van der Waals surface area contributed by atoms with E-state index >= 15 is 0 Å². The Morgan fingerprint density at radius 3 is 1.33 bits per heavy atom. The SMILES string of the molecule is CC(C)(C)OC(=O)NC1(C(=O)O)CCC1.CC/C=C/c1ccc(CC(=O)C2(NC(=O)OC(C)(C)C)CCC2)cc1.CC/C=C/c1ccc(N)cc1.O=C=O.O=C=O. The summed E-state index contributed by atoms with van der Waals surface area (Å²) in [6.07, 6.45) is 14.2. The average molecular weight is 794 g/mol. The van der Waals surface area contributed by atoms with Gasteiger partial charge in [-0.3, -0.25) is 4.79 Å². The van der Waals surface area contributed by atoms with Crippen LogP contribution in [0.2, 0.25) is 0 Å². The number of carbonyl (C=O) groups is 4. The van der Waals surface area contributed by atoms with Gasteiger partial charge in [0, 0.05) is 12.1 Å². The van der Waals surface area contributed by atoms with Crippen LogP contribution in [-0.2, 0) is 44.7 Å². The first-order valence-electron chi connectivity index (χ1n) is 18.7. The molecule has 5 N–H and O–H groups in total. The van der Waals surface area contributed by atoms with E-state index in [4.69, 9.17) is 39.5 Å². The molecule has 0 spiro atoms. The standard InChI is InChI=1S/C21H29NO3.C10H17NO4.C10H13N.2CO2/c1-5-6-8-16-9-11-17(12-10-16)15-18(23)21(13-7-14-21)22-19(24)25-20(2,3)4;1-9(2,3)15-8(14)11-10(7(12)13)5-4-6-10;1-2-3-4-9-5-7-10(11)8-6-9;2*2-1-3/h6,8-12H,5,7,13-15H2,1-4H3,(H,22,24);4-6H2,1-3H3,(H,11,14)(H,12,13);3-8H,2,11H2,1H3;;/b8-6+;;4-3+;;. The van der Waals surface area contributed by atoms with Crippen molar-refractivity contribution in [2.75, 3.05) is 5.73 Å². The molecular weight excluding hydrogens is 734 g/mol. The van der Waals surface area contributed by atoms with Crippen molar-refractivity contribution >= 4 is 54.1 Å². The molecule has 312 valence electrons. The highest BCUT2D eigenvalue weighted by Gasteiger charge is 2.47. The van der Waals surface area contributed by atoms with Crippen molar-refractivity contribution in [3.8, 4) is 0 Å². The zero-order valence-corrected chi connectivity index (χ0v) is 34.4. The van der Waals surface area contributed by atoms with E-state index in [9.17, 15) is 19.2 Å². The number of nitrogen functional groups attached to an aromatic ring is 1. The number of ketones is 1. The van der Waals surface area contributed by atoms with Crippen LogP contribution in [0.4, 0.5) is 15.3 Å². The molecule has 2 fully saturated rings. The van der Waals surface area contributed by atoms with Gasteiger partial charge in [-0.25, -0.2) is 14.4 Å². The number of aliphatic carboxylic acids is 1. The number of rotatable bonds is 10. The number of hydrogen-bond acceptors (Lipinski definition) is 11. The van der Waals surface area contributed by atoms with Crippen molar-refractivity contribution in [2.45, 2.75) is 135 Å². The van der Waals surface area contributed by atoms with Gasteiger partial charge in [0.15, 0.2) is 5.78 Å². The molecule has 2 aromatic rings. The van der Waals surface area contributed by atoms with E-state index in [0.717, 1.165) is 42.5 Å². The van der Waals surface area contributed by atoms with Crippen molar-refractivity contribution in [3.63, 3.8) is 0 Å². The Hall–Kier alpha value is -5.84. The number of alkyl carbamates (subject to hydrolysis) is 2. The van der Waals surface area contributed by atoms with Gasteiger partial charge in [0.1, 0.15) is 22.3 Å². The quantitative estimate of drug-likeness (QED) is 0.170. The van der Waals surface area contributed by atoms with Crippen LogP contribution in [0.15, 0.2) is 60.7 Å². The molecule has 0 atom stereocenters. The van der Waals surface area contributed by atoms with Crippen LogP contribution in [0.25, 0.3) is 12.2 Å². The third-order valence-corrected chi connectivity index (χ3v) is 8.21. The minimum absolute atomic E-state index is 0.0569. The van der Waals surface area contributed by atoms with E-state index in [2.05, 4.69) is 48.8 Å². The number of hydrogen-bond donors (Lipinski definition) is 4. The Morgan fingerprint density at radius 2 is 1.04 bits per heavy atom. The Balaban J connectivity index is 0.000000830. The molecule has 2 saturated carbocycles. The Morgan fingerprint density at radius 1 is 0.684 bits per heavy atom. The molecule has 2 aliphatic carbocycles. The second-order valence-electron chi connectivity index (χ2n) is 15.2.